The first-order valence-corrected chi connectivity index (χ1v) is 14.1. The molecule has 1 aliphatic heterocycles. The quantitative estimate of drug-likeness (QED) is 0.501. The summed E-state index contributed by atoms with van der Waals surface area (Å²) in [6, 6.07) is 18.6. The molecule has 1 heterocycles. The monoisotopic (exact) mass is 553 g/mol. The van der Waals surface area contributed by atoms with Gasteiger partial charge in [0.05, 0.1) is 19.8 Å². The van der Waals surface area contributed by atoms with E-state index >= 15 is 0 Å². The summed E-state index contributed by atoms with van der Waals surface area (Å²) in [5.74, 6) is -0.698. The van der Waals surface area contributed by atoms with Gasteiger partial charge in [-0.05, 0) is 42.5 Å². The highest BCUT2D eigenvalue weighted by Crippen LogP contribution is 2.28. The molecule has 0 spiro atoms. The summed E-state index contributed by atoms with van der Waals surface area (Å²) < 4.78 is 55.4. The third kappa shape index (κ3) is 5.37. The molecule has 1 fully saturated rings. The first-order valence-electron chi connectivity index (χ1n) is 10.5. The Balaban J connectivity index is 1.69. The summed E-state index contributed by atoms with van der Waals surface area (Å²) in [5.41, 5.74) is 0.296. The molecule has 3 aromatic carbocycles. The molecule has 4 rings (SSSR count). The number of halogens is 2. The lowest BCUT2D eigenvalue weighted by Crippen LogP contribution is -2.60. The lowest BCUT2D eigenvalue weighted by molar-refractivity contribution is -0.120. The number of anilines is 1. The number of hydrogen-bond donors (Lipinski definition) is 1. The van der Waals surface area contributed by atoms with Gasteiger partial charge in [-0.1, -0.05) is 59.6 Å². The van der Waals surface area contributed by atoms with Crippen LogP contribution in [0, 0.1) is 0 Å². The van der Waals surface area contributed by atoms with Crippen molar-refractivity contribution in [2.75, 3.05) is 25.0 Å². The van der Waals surface area contributed by atoms with Crippen LogP contribution in [0.2, 0.25) is 10.0 Å². The molecule has 1 atom stereocenters. The molecule has 12 heteroatoms. The Bertz CT molecular complexity index is 1440. The summed E-state index contributed by atoms with van der Waals surface area (Å²) in [5, 5.41) is 3.13. The van der Waals surface area contributed by atoms with E-state index in [0.29, 0.717) is 5.69 Å². The van der Waals surface area contributed by atoms with Crippen molar-refractivity contribution in [1.82, 2.24) is 8.61 Å². The molecule has 1 amide bonds. The molecule has 184 valence electrons. The molecule has 8 nitrogen and oxygen atoms in total. The van der Waals surface area contributed by atoms with Crippen molar-refractivity contribution in [1.29, 1.82) is 0 Å². The van der Waals surface area contributed by atoms with Gasteiger partial charge >= 0.3 is 0 Å². The largest absolute Gasteiger partial charge is 0.325 e. The van der Waals surface area contributed by atoms with Crippen molar-refractivity contribution >= 4 is 54.8 Å². The Labute approximate surface area is 214 Å². The Hall–Kier alpha value is -2.47. The van der Waals surface area contributed by atoms with Crippen LogP contribution in [0.3, 0.4) is 0 Å². The zero-order valence-corrected chi connectivity index (χ0v) is 21.4. The van der Waals surface area contributed by atoms with Crippen molar-refractivity contribution in [3.8, 4) is 0 Å². The van der Waals surface area contributed by atoms with Gasteiger partial charge in [0.15, 0.2) is 0 Å². The van der Waals surface area contributed by atoms with Gasteiger partial charge in [-0.15, -0.1) is 0 Å². The van der Waals surface area contributed by atoms with Gasteiger partial charge < -0.3 is 5.32 Å². The molecule has 0 aliphatic carbocycles. The zero-order chi connectivity index (χ0) is 25.2. The smallest absolute Gasteiger partial charge is 0.244 e. The van der Waals surface area contributed by atoms with Crippen LogP contribution < -0.4 is 5.32 Å². The molecular formula is C23H21Cl2N3O5S2. The second-order valence-electron chi connectivity index (χ2n) is 7.74. The minimum Gasteiger partial charge on any atom is -0.325 e. The van der Waals surface area contributed by atoms with E-state index in [1.807, 2.05) is 0 Å². The molecule has 0 radical (unpaired) electrons. The topological polar surface area (TPSA) is 104 Å². The molecule has 0 unspecified atom stereocenters. The number of carbonyl (C=O) groups excluding carboxylic acids is 1. The van der Waals surface area contributed by atoms with Crippen LogP contribution in [0.5, 0.6) is 0 Å². The van der Waals surface area contributed by atoms with Crippen LogP contribution >= 0.6 is 23.2 Å². The average Bonchev–Trinajstić information content (AvgIpc) is 2.87. The van der Waals surface area contributed by atoms with Gasteiger partial charge in [-0.25, -0.2) is 16.8 Å². The highest BCUT2D eigenvalue weighted by molar-refractivity contribution is 7.89. The normalized spacial score (nSPS) is 17.7. The first-order chi connectivity index (χ1) is 16.6. The standard InChI is InChI=1S/C23H21Cl2N3O5S2/c24-20-12-11-17(15-21(20)25)26-23(29)22-16-27(34(30,31)18-7-3-1-4-8-18)13-14-28(22)35(32,33)19-9-5-2-6-10-19/h1-12,15,22H,13-14,16H2,(H,26,29)/t22-/m1/s1. The number of nitrogens with one attached hydrogen (secondary N) is 1. The van der Waals surface area contributed by atoms with E-state index in [2.05, 4.69) is 5.32 Å². The van der Waals surface area contributed by atoms with E-state index in [1.54, 1.807) is 36.4 Å². The summed E-state index contributed by atoms with van der Waals surface area (Å²) in [4.78, 5) is 13.4. The van der Waals surface area contributed by atoms with Crippen molar-refractivity contribution in [3.05, 3.63) is 88.9 Å². The van der Waals surface area contributed by atoms with Crippen LogP contribution in [0.1, 0.15) is 0 Å². The van der Waals surface area contributed by atoms with Crippen LogP contribution in [0.4, 0.5) is 5.69 Å². The van der Waals surface area contributed by atoms with Crippen molar-refractivity contribution in [2.24, 2.45) is 0 Å². The Morgan fingerprint density at radius 2 is 1.34 bits per heavy atom. The Morgan fingerprint density at radius 1 is 0.771 bits per heavy atom. The molecule has 1 N–H and O–H groups in total. The lowest BCUT2D eigenvalue weighted by atomic mass is 10.2. The van der Waals surface area contributed by atoms with Crippen LogP contribution in [-0.4, -0.2) is 57.0 Å². The van der Waals surface area contributed by atoms with Gasteiger partial charge in [-0.2, -0.15) is 8.61 Å². The van der Waals surface area contributed by atoms with Crippen LogP contribution in [0.15, 0.2) is 88.7 Å². The van der Waals surface area contributed by atoms with E-state index in [9.17, 15) is 21.6 Å². The van der Waals surface area contributed by atoms with Gasteiger partial charge in [0.1, 0.15) is 6.04 Å². The maximum Gasteiger partial charge on any atom is 0.244 e. The Morgan fingerprint density at radius 3 is 1.91 bits per heavy atom. The molecule has 0 saturated carbocycles. The number of carbonyl (C=O) groups is 1. The fourth-order valence-corrected chi connectivity index (χ4v) is 7.08. The van der Waals surface area contributed by atoms with E-state index in [0.717, 1.165) is 8.61 Å². The highest BCUT2D eigenvalue weighted by Gasteiger charge is 2.43. The second kappa shape index (κ2) is 10.3. The van der Waals surface area contributed by atoms with E-state index in [-0.39, 0.29) is 39.5 Å². The third-order valence-electron chi connectivity index (χ3n) is 5.51. The number of nitrogens with zero attached hydrogens (tertiary/aromatic N) is 2. The first kappa shape index (κ1) is 25.6. The third-order valence-corrected chi connectivity index (χ3v) is 10.1. The molecule has 0 aromatic heterocycles. The fraction of sp³-hybridized carbons (Fsp3) is 0.174. The fourth-order valence-electron chi connectivity index (χ4n) is 3.73. The number of sulfonamides is 2. The molecular weight excluding hydrogens is 533 g/mol. The number of piperazine rings is 1. The second-order valence-corrected chi connectivity index (χ2v) is 12.4. The molecule has 0 bridgehead atoms. The summed E-state index contributed by atoms with van der Waals surface area (Å²) in [7, 11) is -8.05. The van der Waals surface area contributed by atoms with Crippen LogP contribution in [0.25, 0.3) is 0 Å². The summed E-state index contributed by atoms with van der Waals surface area (Å²) in [6.07, 6.45) is 0. The van der Waals surface area contributed by atoms with Gasteiger partial charge in [0, 0.05) is 25.3 Å². The molecule has 35 heavy (non-hydrogen) atoms. The molecule has 3 aromatic rings. The Kier molecular flexibility index (Phi) is 7.51. The number of amides is 1. The number of hydrogen-bond acceptors (Lipinski definition) is 5. The van der Waals surface area contributed by atoms with Crippen LogP contribution in [-0.2, 0) is 24.8 Å². The maximum atomic E-state index is 13.4. The van der Waals surface area contributed by atoms with Gasteiger partial charge in [0.2, 0.25) is 26.0 Å². The predicted molar refractivity (Wildman–Crippen MR) is 134 cm³/mol. The van der Waals surface area contributed by atoms with Gasteiger partial charge in [-0.3, -0.25) is 4.79 Å². The highest BCUT2D eigenvalue weighted by atomic mass is 35.5. The zero-order valence-electron chi connectivity index (χ0n) is 18.2. The van der Waals surface area contributed by atoms with Crippen molar-refractivity contribution in [2.45, 2.75) is 15.8 Å². The summed E-state index contributed by atoms with van der Waals surface area (Å²) >= 11 is 12.0. The van der Waals surface area contributed by atoms with Crippen molar-refractivity contribution < 1.29 is 21.6 Å². The number of benzene rings is 3. The van der Waals surface area contributed by atoms with E-state index < -0.39 is 32.0 Å². The minimum absolute atomic E-state index is 0.00621. The summed E-state index contributed by atoms with van der Waals surface area (Å²) in [6.45, 7) is -0.682. The van der Waals surface area contributed by atoms with E-state index in [4.69, 9.17) is 23.2 Å². The number of rotatable bonds is 6. The molecule has 1 aliphatic rings. The maximum absolute atomic E-state index is 13.4. The minimum atomic E-state index is -4.09. The molecule has 1 saturated heterocycles. The van der Waals surface area contributed by atoms with Gasteiger partial charge in [0.25, 0.3) is 0 Å². The predicted octanol–water partition coefficient (Wildman–Crippen LogP) is 3.70. The SMILES string of the molecule is O=C(Nc1ccc(Cl)c(Cl)c1)[C@H]1CN(S(=O)(=O)c2ccccc2)CCN1S(=O)(=O)c1ccccc1. The van der Waals surface area contributed by atoms with Crippen molar-refractivity contribution in [3.63, 3.8) is 0 Å². The lowest BCUT2D eigenvalue weighted by Gasteiger charge is -2.38. The average molecular weight is 554 g/mol. The van der Waals surface area contributed by atoms with E-state index in [1.165, 1.54) is 42.5 Å².